The molecule has 0 fully saturated rings. The number of hydrogen-bond acceptors (Lipinski definition) is 6. The fraction of sp³-hybridized carbons (Fsp3) is 0.308. The van der Waals surface area contributed by atoms with Crippen LogP contribution in [-0.4, -0.2) is 19.0 Å². The molecule has 0 spiro atoms. The molecule has 1 heterocycles. The molecule has 1 atom stereocenters. The van der Waals surface area contributed by atoms with Gasteiger partial charge in [-0.3, -0.25) is 9.69 Å². The Labute approximate surface area is 192 Å². The molecule has 0 bridgehead atoms. The van der Waals surface area contributed by atoms with Crippen LogP contribution < -0.4 is 20.1 Å². The first-order valence-electron chi connectivity index (χ1n) is 11.1. The van der Waals surface area contributed by atoms with Gasteiger partial charge in [-0.25, -0.2) is 4.39 Å². The van der Waals surface area contributed by atoms with E-state index in [9.17, 15) is 14.4 Å². The molecule has 4 rings (SSSR count). The van der Waals surface area contributed by atoms with Gasteiger partial charge < -0.3 is 15.2 Å². The van der Waals surface area contributed by atoms with Crippen molar-refractivity contribution in [2.24, 2.45) is 5.73 Å². The van der Waals surface area contributed by atoms with Crippen LogP contribution in [0.15, 0.2) is 65.1 Å². The molecule has 2 aliphatic rings. The van der Waals surface area contributed by atoms with Crippen LogP contribution in [0.4, 0.5) is 10.1 Å². The van der Waals surface area contributed by atoms with Crippen molar-refractivity contribution >= 4 is 11.5 Å². The highest BCUT2D eigenvalue weighted by molar-refractivity contribution is 6.01. The molecule has 33 heavy (non-hydrogen) atoms. The average molecular weight is 448 g/mol. The third-order valence-corrected chi connectivity index (χ3v) is 5.90. The van der Waals surface area contributed by atoms with E-state index in [-0.39, 0.29) is 23.0 Å². The van der Waals surface area contributed by atoms with Crippen LogP contribution in [0.1, 0.15) is 44.6 Å². The summed E-state index contributed by atoms with van der Waals surface area (Å²) in [6, 6.07) is 13.6. The Hall–Kier alpha value is -3.79. The van der Waals surface area contributed by atoms with E-state index >= 15 is 0 Å². The molecule has 0 saturated heterocycles. The summed E-state index contributed by atoms with van der Waals surface area (Å²) < 4.78 is 25.2. The minimum atomic E-state index is -0.670. The topological polar surface area (TPSA) is 88.6 Å². The molecule has 0 saturated carbocycles. The quantitative estimate of drug-likeness (QED) is 0.676. The number of allylic oxidation sites excluding steroid dienone is 3. The summed E-state index contributed by atoms with van der Waals surface area (Å²) in [6.07, 6.45) is 1.68. The van der Waals surface area contributed by atoms with E-state index in [0.717, 1.165) is 5.70 Å². The van der Waals surface area contributed by atoms with Gasteiger partial charge >= 0.3 is 0 Å². The summed E-state index contributed by atoms with van der Waals surface area (Å²) in [4.78, 5) is 15.0. The second-order valence-electron chi connectivity index (χ2n) is 7.86. The van der Waals surface area contributed by atoms with Crippen molar-refractivity contribution in [3.05, 3.63) is 76.5 Å². The monoisotopic (exact) mass is 447 g/mol. The standard InChI is InChI=1S/C26H26FN3O3/c1-3-32-18-12-13-23(33-4-2)19(14-18)24-20(15-28)26(29)30(17-10-8-16(27)9-11-17)21-6-5-7-22(31)25(21)24/h8-14,24H,3-7,29H2,1-2H3. The minimum Gasteiger partial charge on any atom is -0.494 e. The molecular weight excluding hydrogens is 421 g/mol. The summed E-state index contributed by atoms with van der Waals surface area (Å²) in [6.45, 7) is 4.67. The van der Waals surface area contributed by atoms with E-state index in [1.807, 2.05) is 26.0 Å². The van der Waals surface area contributed by atoms with Gasteiger partial charge in [-0.05, 0) is 69.2 Å². The molecule has 0 aromatic heterocycles. The third-order valence-electron chi connectivity index (χ3n) is 5.90. The predicted molar refractivity (Wildman–Crippen MR) is 123 cm³/mol. The van der Waals surface area contributed by atoms with Gasteiger partial charge in [0.2, 0.25) is 0 Å². The lowest BCUT2D eigenvalue weighted by molar-refractivity contribution is -0.116. The number of carbonyl (C=O) groups is 1. The zero-order chi connectivity index (χ0) is 23.5. The molecular formula is C26H26FN3O3. The first-order chi connectivity index (χ1) is 16.0. The van der Waals surface area contributed by atoms with Crippen LogP contribution in [0.2, 0.25) is 0 Å². The molecule has 0 amide bonds. The number of rotatable bonds is 6. The van der Waals surface area contributed by atoms with E-state index < -0.39 is 5.92 Å². The smallest absolute Gasteiger partial charge is 0.161 e. The van der Waals surface area contributed by atoms with Gasteiger partial charge in [0.1, 0.15) is 23.1 Å². The molecule has 2 aromatic rings. The first kappa shape index (κ1) is 22.4. The van der Waals surface area contributed by atoms with E-state index in [0.29, 0.717) is 60.8 Å². The second kappa shape index (κ2) is 9.37. The average Bonchev–Trinajstić information content (AvgIpc) is 2.81. The Kier molecular flexibility index (Phi) is 6.36. The molecule has 0 radical (unpaired) electrons. The van der Waals surface area contributed by atoms with E-state index in [4.69, 9.17) is 15.2 Å². The molecule has 2 aromatic carbocycles. The number of nitrogens with two attached hydrogens (primary N) is 1. The highest BCUT2D eigenvalue weighted by Crippen LogP contribution is 2.48. The number of ketones is 1. The SMILES string of the molecule is CCOc1ccc(OCC)c(C2C(C#N)=C(N)N(c3ccc(F)cc3)C3=C2C(=O)CCC3)c1. The van der Waals surface area contributed by atoms with Gasteiger partial charge in [0.25, 0.3) is 0 Å². The van der Waals surface area contributed by atoms with E-state index in [1.54, 1.807) is 23.1 Å². The van der Waals surface area contributed by atoms with Crippen LogP contribution in [-0.2, 0) is 4.79 Å². The van der Waals surface area contributed by atoms with Crippen LogP contribution in [0.5, 0.6) is 11.5 Å². The number of anilines is 1. The summed E-state index contributed by atoms with van der Waals surface area (Å²) in [5.74, 6) is 0.353. The van der Waals surface area contributed by atoms with Crippen LogP contribution in [0.25, 0.3) is 0 Å². The van der Waals surface area contributed by atoms with E-state index in [1.165, 1.54) is 12.1 Å². The van der Waals surface area contributed by atoms with Gasteiger partial charge in [0.15, 0.2) is 5.78 Å². The maximum atomic E-state index is 13.6. The fourth-order valence-electron chi connectivity index (χ4n) is 4.58. The van der Waals surface area contributed by atoms with Crippen molar-refractivity contribution in [3.8, 4) is 17.6 Å². The largest absolute Gasteiger partial charge is 0.494 e. The zero-order valence-corrected chi connectivity index (χ0v) is 18.7. The molecule has 6 nitrogen and oxygen atoms in total. The van der Waals surface area contributed by atoms with Crippen molar-refractivity contribution in [2.75, 3.05) is 18.1 Å². The maximum Gasteiger partial charge on any atom is 0.161 e. The van der Waals surface area contributed by atoms with Gasteiger partial charge in [-0.2, -0.15) is 5.26 Å². The van der Waals surface area contributed by atoms with Crippen LogP contribution in [0.3, 0.4) is 0 Å². The lowest BCUT2D eigenvalue weighted by Gasteiger charge is -2.40. The Morgan fingerprint density at radius 1 is 1.12 bits per heavy atom. The van der Waals surface area contributed by atoms with Crippen molar-refractivity contribution in [2.45, 2.75) is 39.0 Å². The minimum absolute atomic E-state index is 0.0297. The van der Waals surface area contributed by atoms with Crippen molar-refractivity contribution in [3.63, 3.8) is 0 Å². The number of carbonyl (C=O) groups excluding carboxylic acids is 1. The fourth-order valence-corrected chi connectivity index (χ4v) is 4.58. The summed E-state index contributed by atoms with van der Waals surface area (Å²) >= 11 is 0. The summed E-state index contributed by atoms with van der Waals surface area (Å²) in [5.41, 5.74) is 9.38. The number of ether oxygens (including phenoxy) is 2. The highest BCUT2D eigenvalue weighted by atomic mass is 19.1. The number of benzene rings is 2. The van der Waals surface area contributed by atoms with Crippen molar-refractivity contribution in [1.82, 2.24) is 0 Å². The number of nitrogens with zero attached hydrogens (tertiary/aromatic N) is 2. The number of nitriles is 1. The normalized spacial score (nSPS) is 18.2. The van der Waals surface area contributed by atoms with Gasteiger partial charge in [0.05, 0.1) is 30.8 Å². The third kappa shape index (κ3) is 4.05. The highest BCUT2D eigenvalue weighted by Gasteiger charge is 2.41. The second-order valence-corrected chi connectivity index (χ2v) is 7.86. The Morgan fingerprint density at radius 3 is 2.52 bits per heavy atom. The molecule has 1 aliphatic heterocycles. The number of Topliss-reactive ketones (excluding diaryl/α,β-unsaturated/α-hetero) is 1. The maximum absolute atomic E-state index is 13.6. The van der Waals surface area contributed by atoms with Crippen LogP contribution >= 0.6 is 0 Å². The van der Waals surface area contributed by atoms with Gasteiger partial charge in [-0.15, -0.1) is 0 Å². The van der Waals surface area contributed by atoms with Crippen molar-refractivity contribution < 1.29 is 18.7 Å². The zero-order valence-electron chi connectivity index (χ0n) is 18.7. The molecule has 2 N–H and O–H groups in total. The first-order valence-corrected chi connectivity index (χ1v) is 11.1. The molecule has 170 valence electrons. The van der Waals surface area contributed by atoms with Crippen molar-refractivity contribution in [1.29, 1.82) is 5.26 Å². The summed E-state index contributed by atoms with van der Waals surface area (Å²) in [5, 5.41) is 10.2. The van der Waals surface area contributed by atoms with Gasteiger partial charge in [-0.1, -0.05) is 0 Å². The molecule has 7 heteroatoms. The number of hydrogen-bond donors (Lipinski definition) is 1. The summed E-state index contributed by atoms with van der Waals surface area (Å²) in [7, 11) is 0. The number of halogens is 1. The Bertz CT molecular complexity index is 1180. The Balaban J connectivity index is 1.97. The molecule has 1 aliphatic carbocycles. The lowest BCUT2D eigenvalue weighted by Crippen LogP contribution is -2.38. The predicted octanol–water partition coefficient (Wildman–Crippen LogP) is 4.93. The van der Waals surface area contributed by atoms with Crippen LogP contribution in [0, 0.1) is 17.1 Å². The lowest BCUT2D eigenvalue weighted by atomic mass is 9.75. The Morgan fingerprint density at radius 2 is 1.85 bits per heavy atom. The van der Waals surface area contributed by atoms with E-state index in [2.05, 4.69) is 6.07 Å². The van der Waals surface area contributed by atoms with Gasteiger partial charge in [0, 0.05) is 28.9 Å². The molecule has 1 unspecified atom stereocenters.